The molecule has 0 fully saturated rings. The molecule has 1 heterocycles. The van der Waals surface area contributed by atoms with Crippen molar-refractivity contribution in [3.8, 4) is 5.75 Å². The van der Waals surface area contributed by atoms with E-state index in [-0.39, 0.29) is 11.7 Å². The van der Waals surface area contributed by atoms with Gasteiger partial charge in [0, 0.05) is 22.8 Å². The first-order valence-electron chi connectivity index (χ1n) is 9.56. The number of rotatable bonds is 5. The molecule has 0 saturated carbocycles. The summed E-state index contributed by atoms with van der Waals surface area (Å²) in [6.45, 7) is 0.850. The molecule has 0 spiro atoms. The smallest absolute Gasteiger partial charge is 0.258 e. The molecular weight excluding hydrogens is 398 g/mol. The number of anilines is 2. The van der Waals surface area contributed by atoms with Crippen molar-refractivity contribution in [3.05, 3.63) is 88.4 Å². The third-order valence-electron chi connectivity index (χ3n) is 4.85. The van der Waals surface area contributed by atoms with Gasteiger partial charge in [0.1, 0.15) is 5.75 Å². The summed E-state index contributed by atoms with van der Waals surface area (Å²) in [6, 6.07) is 20.2. The lowest BCUT2D eigenvalue weighted by molar-refractivity contribution is -0.110. The maximum Gasteiger partial charge on any atom is 0.258 e. The molecular formula is C24H22ClN3O2. The van der Waals surface area contributed by atoms with Gasteiger partial charge in [-0.05, 0) is 73.8 Å². The minimum absolute atomic E-state index is 0.166. The molecule has 4 rings (SSSR count). The second-order valence-corrected chi connectivity index (χ2v) is 7.94. The van der Waals surface area contributed by atoms with Crippen LogP contribution >= 0.6 is 11.6 Å². The van der Waals surface area contributed by atoms with Gasteiger partial charge in [-0.2, -0.15) is 0 Å². The van der Waals surface area contributed by atoms with Crippen molar-refractivity contribution < 1.29 is 9.90 Å². The summed E-state index contributed by atoms with van der Waals surface area (Å²) in [5, 5.41) is 16.6. The Morgan fingerprint density at radius 2 is 1.73 bits per heavy atom. The molecule has 1 amide bonds. The molecule has 0 radical (unpaired) electrons. The van der Waals surface area contributed by atoms with Crippen molar-refractivity contribution in [1.29, 1.82) is 0 Å². The van der Waals surface area contributed by atoms with Gasteiger partial charge in [-0.3, -0.25) is 4.79 Å². The molecule has 0 atom stereocenters. The number of fused-ring (bicyclic) bond motifs is 1. The van der Waals surface area contributed by atoms with E-state index in [1.165, 1.54) is 5.56 Å². The summed E-state index contributed by atoms with van der Waals surface area (Å²) in [7, 11) is 4.06. The Morgan fingerprint density at radius 1 is 1.03 bits per heavy atom. The number of carbonyl (C=O) groups excluding carboxylic acids is 1. The third-order valence-corrected chi connectivity index (χ3v) is 5.09. The van der Waals surface area contributed by atoms with E-state index in [2.05, 4.69) is 27.7 Å². The first-order valence-corrected chi connectivity index (χ1v) is 9.94. The maximum absolute atomic E-state index is 12.9. The molecule has 0 aromatic heterocycles. The number of phenols is 1. The van der Waals surface area contributed by atoms with Crippen LogP contribution < -0.4 is 10.6 Å². The van der Waals surface area contributed by atoms with Crippen LogP contribution in [0.25, 0.3) is 11.3 Å². The zero-order chi connectivity index (χ0) is 21.3. The molecule has 6 heteroatoms. The second-order valence-electron chi connectivity index (χ2n) is 7.50. The van der Waals surface area contributed by atoms with Gasteiger partial charge in [-0.1, -0.05) is 29.8 Å². The number of carbonyl (C=O) groups is 1. The van der Waals surface area contributed by atoms with Crippen LogP contribution in [-0.2, 0) is 11.3 Å². The van der Waals surface area contributed by atoms with Crippen molar-refractivity contribution in [2.45, 2.75) is 6.54 Å². The maximum atomic E-state index is 12.9. The van der Waals surface area contributed by atoms with Crippen LogP contribution in [0.1, 0.15) is 16.7 Å². The quantitative estimate of drug-likeness (QED) is 0.507. The van der Waals surface area contributed by atoms with Crippen molar-refractivity contribution in [2.75, 3.05) is 24.7 Å². The van der Waals surface area contributed by atoms with Gasteiger partial charge in [0.15, 0.2) is 0 Å². The summed E-state index contributed by atoms with van der Waals surface area (Å²) in [5.74, 6) is -0.0359. The molecule has 3 aromatic carbocycles. The predicted octanol–water partition coefficient (Wildman–Crippen LogP) is 5.04. The predicted molar refractivity (Wildman–Crippen MR) is 122 cm³/mol. The van der Waals surface area contributed by atoms with Crippen LogP contribution in [0.2, 0.25) is 5.02 Å². The molecule has 1 aliphatic rings. The van der Waals surface area contributed by atoms with Gasteiger partial charge in [0.25, 0.3) is 5.91 Å². The van der Waals surface area contributed by atoms with Gasteiger partial charge in [-0.25, -0.2) is 0 Å². The number of halogens is 1. The zero-order valence-corrected chi connectivity index (χ0v) is 17.5. The highest BCUT2D eigenvalue weighted by Gasteiger charge is 2.28. The van der Waals surface area contributed by atoms with Gasteiger partial charge in [-0.15, -0.1) is 0 Å². The standard InChI is InChI=1S/C24H22ClN3O2/c1-28(2)14-15-3-8-18(9-4-15)26-23(16-5-10-19(29)11-6-16)22-20-12-7-17(25)13-21(20)27-24(22)30/h3-13,26,29H,14H2,1-2H3,(H,27,30). The Kier molecular flexibility index (Phi) is 5.48. The molecule has 3 aromatic rings. The van der Waals surface area contributed by atoms with E-state index in [1.54, 1.807) is 36.4 Å². The molecule has 30 heavy (non-hydrogen) atoms. The molecule has 0 bridgehead atoms. The lowest BCUT2D eigenvalue weighted by Gasteiger charge is -2.16. The molecule has 3 N–H and O–H groups in total. The van der Waals surface area contributed by atoms with E-state index in [0.29, 0.717) is 22.0 Å². The zero-order valence-electron chi connectivity index (χ0n) is 16.7. The average molecular weight is 420 g/mol. The van der Waals surface area contributed by atoms with Crippen molar-refractivity contribution >= 4 is 40.2 Å². The first-order chi connectivity index (χ1) is 14.4. The van der Waals surface area contributed by atoms with Crippen molar-refractivity contribution in [2.24, 2.45) is 0 Å². The summed E-state index contributed by atoms with van der Waals surface area (Å²) < 4.78 is 0. The normalized spacial score (nSPS) is 14.5. The second kappa shape index (κ2) is 8.22. The van der Waals surface area contributed by atoms with Gasteiger partial charge in [0.2, 0.25) is 0 Å². The number of nitrogens with one attached hydrogen (secondary N) is 2. The van der Waals surface area contributed by atoms with E-state index < -0.39 is 0 Å². The number of benzene rings is 3. The lowest BCUT2D eigenvalue weighted by atomic mass is 10.00. The Morgan fingerprint density at radius 3 is 2.40 bits per heavy atom. The van der Waals surface area contributed by atoms with Gasteiger partial charge in [0.05, 0.1) is 17.0 Å². The van der Waals surface area contributed by atoms with Crippen LogP contribution in [0.15, 0.2) is 66.7 Å². The molecule has 1 aliphatic heterocycles. The van der Waals surface area contributed by atoms with E-state index >= 15 is 0 Å². The van der Waals surface area contributed by atoms with Crippen LogP contribution in [0.3, 0.4) is 0 Å². The monoisotopic (exact) mass is 419 g/mol. The number of phenolic OH excluding ortho intramolecular Hbond substituents is 1. The Labute approximate surface area is 180 Å². The van der Waals surface area contributed by atoms with E-state index in [4.69, 9.17) is 11.6 Å². The molecule has 0 aliphatic carbocycles. The Bertz CT molecular complexity index is 1120. The fourth-order valence-corrected chi connectivity index (χ4v) is 3.68. The van der Waals surface area contributed by atoms with E-state index in [0.717, 1.165) is 23.4 Å². The highest BCUT2D eigenvalue weighted by molar-refractivity contribution is 6.38. The summed E-state index contributed by atoms with van der Waals surface area (Å²) in [4.78, 5) is 15.0. The van der Waals surface area contributed by atoms with Crippen molar-refractivity contribution in [1.82, 2.24) is 4.90 Å². The first kappa shape index (κ1) is 20.0. The molecule has 0 saturated heterocycles. The third kappa shape index (κ3) is 4.17. The molecule has 152 valence electrons. The number of amides is 1. The van der Waals surface area contributed by atoms with Gasteiger partial charge < -0.3 is 20.6 Å². The number of hydrogen-bond donors (Lipinski definition) is 3. The number of nitrogens with zero attached hydrogens (tertiary/aromatic N) is 1. The topological polar surface area (TPSA) is 64.6 Å². The fraction of sp³-hybridized carbons (Fsp3) is 0.125. The summed E-state index contributed by atoms with van der Waals surface area (Å²) in [6.07, 6.45) is 0. The SMILES string of the molecule is CN(C)Cc1ccc(NC(=C2C(=O)Nc3cc(Cl)ccc32)c2ccc(O)cc2)cc1. The van der Waals surface area contributed by atoms with Crippen molar-refractivity contribution in [3.63, 3.8) is 0 Å². The highest BCUT2D eigenvalue weighted by Crippen LogP contribution is 2.39. The Balaban J connectivity index is 1.79. The van der Waals surface area contributed by atoms with Crippen LogP contribution in [-0.4, -0.2) is 30.0 Å². The number of aromatic hydroxyl groups is 1. The Hall–Kier alpha value is -3.28. The minimum Gasteiger partial charge on any atom is -0.508 e. The highest BCUT2D eigenvalue weighted by atomic mass is 35.5. The molecule has 0 unspecified atom stereocenters. The van der Waals surface area contributed by atoms with Gasteiger partial charge >= 0.3 is 0 Å². The summed E-state index contributed by atoms with van der Waals surface area (Å²) in [5.41, 5.74) is 5.51. The van der Waals surface area contributed by atoms with Crippen LogP contribution in [0.4, 0.5) is 11.4 Å². The minimum atomic E-state index is -0.202. The van der Waals surface area contributed by atoms with Crippen LogP contribution in [0.5, 0.6) is 5.75 Å². The lowest BCUT2D eigenvalue weighted by Crippen LogP contribution is -2.11. The molecule has 5 nitrogen and oxygen atoms in total. The summed E-state index contributed by atoms with van der Waals surface area (Å²) >= 11 is 6.10. The van der Waals surface area contributed by atoms with Crippen LogP contribution in [0, 0.1) is 0 Å². The van der Waals surface area contributed by atoms with E-state index in [9.17, 15) is 9.90 Å². The van der Waals surface area contributed by atoms with E-state index in [1.807, 2.05) is 32.3 Å². The number of hydrogen-bond acceptors (Lipinski definition) is 4. The largest absolute Gasteiger partial charge is 0.508 e. The average Bonchev–Trinajstić information content (AvgIpc) is 3.02. The fourth-order valence-electron chi connectivity index (χ4n) is 3.50.